The van der Waals surface area contributed by atoms with E-state index in [4.69, 9.17) is 0 Å². The van der Waals surface area contributed by atoms with E-state index in [9.17, 15) is 4.79 Å². The molecule has 1 unspecified atom stereocenters. The fourth-order valence-corrected chi connectivity index (χ4v) is 3.01. The maximum absolute atomic E-state index is 12.2. The summed E-state index contributed by atoms with van der Waals surface area (Å²) in [6.07, 6.45) is 4.43. The Labute approximate surface area is 122 Å². The molecule has 112 valence electrons. The Morgan fingerprint density at radius 2 is 2.10 bits per heavy atom. The van der Waals surface area contributed by atoms with Crippen LogP contribution in [-0.2, 0) is 13.0 Å². The van der Waals surface area contributed by atoms with Crippen molar-refractivity contribution in [2.75, 3.05) is 6.54 Å². The fraction of sp³-hybridized carbons (Fsp3) is 0.706. The molecule has 3 heteroatoms. The number of hydrogen-bond acceptors (Lipinski definition) is 2. The van der Waals surface area contributed by atoms with E-state index in [1.54, 1.807) is 6.07 Å². The lowest BCUT2D eigenvalue weighted by atomic mass is 9.89. The standard InChI is InChI=1S/C17H28N2O/c1-5-18-14-7-6-8-15-13(14)9-10-16(20)19(15)12-11-17(2,3)4/h9-10,14,18H,5-8,11-12H2,1-4H3. The van der Waals surface area contributed by atoms with Gasteiger partial charge in [0.2, 0.25) is 0 Å². The van der Waals surface area contributed by atoms with Crippen LogP contribution >= 0.6 is 0 Å². The van der Waals surface area contributed by atoms with Gasteiger partial charge in [-0.15, -0.1) is 0 Å². The minimum atomic E-state index is 0.158. The quantitative estimate of drug-likeness (QED) is 0.916. The number of hydrogen-bond donors (Lipinski definition) is 1. The van der Waals surface area contributed by atoms with E-state index in [2.05, 4.69) is 33.0 Å². The molecule has 0 bridgehead atoms. The Bertz CT molecular complexity index is 511. The van der Waals surface area contributed by atoms with Crippen LogP contribution < -0.4 is 10.9 Å². The molecule has 0 radical (unpaired) electrons. The van der Waals surface area contributed by atoms with Crippen molar-refractivity contribution in [2.45, 2.75) is 66.0 Å². The molecule has 2 rings (SSSR count). The largest absolute Gasteiger partial charge is 0.312 e. The first kappa shape index (κ1) is 15.3. The summed E-state index contributed by atoms with van der Waals surface area (Å²) in [6, 6.07) is 4.21. The zero-order chi connectivity index (χ0) is 14.8. The van der Waals surface area contributed by atoms with Crippen LogP contribution in [-0.4, -0.2) is 11.1 Å². The van der Waals surface area contributed by atoms with Gasteiger partial charge < -0.3 is 9.88 Å². The number of rotatable bonds is 4. The highest BCUT2D eigenvalue weighted by Gasteiger charge is 2.23. The average Bonchev–Trinajstić information content (AvgIpc) is 2.37. The van der Waals surface area contributed by atoms with E-state index < -0.39 is 0 Å². The second kappa shape index (κ2) is 6.13. The molecule has 1 aliphatic carbocycles. The maximum Gasteiger partial charge on any atom is 0.250 e. The van der Waals surface area contributed by atoms with Crippen LogP contribution in [0.3, 0.4) is 0 Å². The van der Waals surface area contributed by atoms with E-state index in [1.165, 1.54) is 24.1 Å². The second-order valence-electron chi connectivity index (χ2n) is 7.04. The molecule has 0 saturated heterocycles. The Kier molecular flexibility index (Phi) is 4.69. The molecule has 0 fully saturated rings. The molecule has 1 atom stereocenters. The smallest absolute Gasteiger partial charge is 0.250 e. The van der Waals surface area contributed by atoms with E-state index >= 15 is 0 Å². The predicted octanol–water partition coefficient (Wildman–Crippen LogP) is 3.27. The molecular formula is C17H28N2O. The van der Waals surface area contributed by atoms with E-state index in [1.807, 2.05) is 10.6 Å². The first-order valence-electron chi connectivity index (χ1n) is 7.88. The molecule has 3 nitrogen and oxygen atoms in total. The van der Waals surface area contributed by atoms with Gasteiger partial charge in [-0.3, -0.25) is 4.79 Å². The number of fused-ring (bicyclic) bond motifs is 1. The van der Waals surface area contributed by atoms with Crippen LogP contribution in [0, 0.1) is 5.41 Å². The molecule has 0 aromatic carbocycles. The average molecular weight is 276 g/mol. The first-order chi connectivity index (χ1) is 9.42. The van der Waals surface area contributed by atoms with Gasteiger partial charge in [0.1, 0.15) is 0 Å². The van der Waals surface area contributed by atoms with Gasteiger partial charge in [0.15, 0.2) is 0 Å². The molecule has 1 N–H and O–H groups in total. The predicted molar refractivity (Wildman–Crippen MR) is 84.1 cm³/mol. The van der Waals surface area contributed by atoms with E-state index in [0.717, 1.165) is 25.9 Å². The third-order valence-corrected chi connectivity index (χ3v) is 4.15. The molecular weight excluding hydrogens is 248 g/mol. The van der Waals surface area contributed by atoms with Crippen molar-refractivity contribution in [1.82, 2.24) is 9.88 Å². The van der Waals surface area contributed by atoms with Gasteiger partial charge in [-0.05, 0) is 43.2 Å². The summed E-state index contributed by atoms with van der Waals surface area (Å²) in [6.45, 7) is 10.7. The van der Waals surface area contributed by atoms with Gasteiger partial charge in [0, 0.05) is 24.3 Å². The molecule has 20 heavy (non-hydrogen) atoms. The van der Waals surface area contributed by atoms with Crippen LogP contribution in [0.15, 0.2) is 16.9 Å². The van der Waals surface area contributed by atoms with Crippen LogP contribution in [0.5, 0.6) is 0 Å². The highest BCUT2D eigenvalue weighted by Crippen LogP contribution is 2.29. The molecule has 0 spiro atoms. The normalized spacial score (nSPS) is 18.9. The molecule has 1 aromatic rings. The van der Waals surface area contributed by atoms with Crippen LogP contribution in [0.4, 0.5) is 0 Å². The third-order valence-electron chi connectivity index (χ3n) is 4.15. The Morgan fingerprint density at radius 1 is 1.35 bits per heavy atom. The summed E-state index contributed by atoms with van der Waals surface area (Å²) in [5, 5.41) is 3.54. The van der Waals surface area contributed by atoms with Crippen molar-refractivity contribution in [2.24, 2.45) is 5.41 Å². The van der Waals surface area contributed by atoms with Crippen molar-refractivity contribution >= 4 is 0 Å². The minimum Gasteiger partial charge on any atom is -0.312 e. The summed E-state index contributed by atoms with van der Waals surface area (Å²) in [7, 11) is 0. The number of pyridine rings is 1. The number of nitrogens with one attached hydrogen (secondary N) is 1. The minimum absolute atomic E-state index is 0.158. The number of nitrogens with zero attached hydrogens (tertiary/aromatic N) is 1. The summed E-state index contributed by atoms with van der Waals surface area (Å²) in [5.41, 5.74) is 3.02. The molecule has 1 aromatic heterocycles. The highest BCUT2D eigenvalue weighted by molar-refractivity contribution is 5.27. The summed E-state index contributed by atoms with van der Waals surface area (Å²) in [5.74, 6) is 0. The lowest BCUT2D eigenvalue weighted by molar-refractivity contribution is 0.340. The zero-order valence-corrected chi connectivity index (χ0v) is 13.3. The van der Waals surface area contributed by atoms with Crippen LogP contribution in [0.25, 0.3) is 0 Å². The van der Waals surface area contributed by atoms with Gasteiger partial charge in [0.25, 0.3) is 5.56 Å². The maximum atomic E-state index is 12.2. The van der Waals surface area contributed by atoms with Crippen molar-refractivity contribution in [3.63, 3.8) is 0 Å². The topological polar surface area (TPSA) is 34.0 Å². The van der Waals surface area contributed by atoms with Crippen molar-refractivity contribution in [3.05, 3.63) is 33.7 Å². The van der Waals surface area contributed by atoms with Gasteiger partial charge >= 0.3 is 0 Å². The van der Waals surface area contributed by atoms with Gasteiger partial charge in [-0.25, -0.2) is 0 Å². The SMILES string of the molecule is CCNC1CCCc2c1ccc(=O)n2CCC(C)(C)C. The van der Waals surface area contributed by atoms with Gasteiger partial charge in [0.05, 0.1) is 0 Å². The second-order valence-corrected chi connectivity index (χ2v) is 7.04. The molecule has 1 heterocycles. The summed E-state index contributed by atoms with van der Waals surface area (Å²) in [4.78, 5) is 12.2. The van der Waals surface area contributed by atoms with Crippen LogP contribution in [0.2, 0.25) is 0 Å². The Hall–Kier alpha value is -1.09. The molecule has 0 amide bonds. The number of aromatic nitrogens is 1. The van der Waals surface area contributed by atoms with Gasteiger partial charge in [-0.1, -0.05) is 33.8 Å². The van der Waals surface area contributed by atoms with Crippen LogP contribution in [0.1, 0.15) is 64.3 Å². The Balaban J connectivity index is 2.32. The molecule has 1 aliphatic rings. The third kappa shape index (κ3) is 3.51. The summed E-state index contributed by atoms with van der Waals surface area (Å²) >= 11 is 0. The molecule has 0 saturated carbocycles. The fourth-order valence-electron chi connectivity index (χ4n) is 3.01. The van der Waals surface area contributed by atoms with Gasteiger partial charge in [-0.2, -0.15) is 0 Å². The Morgan fingerprint density at radius 3 is 2.75 bits per heavy atom. The van der Waals surface area contributed by atoms with Crippen molar-refractivity contribution < 1.29 is 0 Å². The first-order valence-corrected chi connectivity index (χ1v) is 7.88. The zero-order valence-electron chi connectivity index (χ0n) is 13.3. The monoisotopic (exact) mass is 276 g/mol. The van der Waals surface area contributed by atoms with Crippen molar-refractivity contribution in [1.29, 1.82) is 0 Å². The van der Waals surface area contributed by atoms with Crippen molar-refractivity contribution in [3.8, 4) is 0 Å². The summed E-state index contributed by atoms with van der Waals surface area (Å²) < 4.78 is 2.02. The van der Waals surface area contributed by atoms with E-state index in [0.29, 0.717) is 6.04 Å². The molecule has 0 aliphatic heterocycles. The lowest BCUT2D eigenvalue weighted by Crippen LogP contribution is -2.32. The highest BCUT2D eigenvalue weighted by atomic mass is 16.1. The van der Waals surface area contributed by atoms with E-state index in [-0.39, 0.29) is 11.0 Å². The lowest BCUT2D eigenvalue weighted by Gasteiger charge is -2.29.